The molecule has 0 saturated carbocycles. The molecule has 2 rings (SSSR count). The third kappa shape index (κ3) is 5.60. The van der Waals surface area contributed by atoms with Crippen molar-refractivity contribution >= 4 is 33.6 Å². The highest BCUT2D eigenvalue weighted by Gasteiger charge is 2.17. The fourth-order valence-electron chi connectivity index (χ4n) is 2.34. The molecule has 0 bridgehead atoms. The Balaban J connectivity index is 2.12. The number of carbonyl (C=O) groups is 2. The zero-order chi connectivity index (χ0) is 18.4. The number of para-hydroxylation sites is 1. The molecule has 0 fully saturated rings. The lowest BCUT2D eigenvalue weighted by molar-refractivity contribution is 0.0786. The number of hydrogen-bond donors (Lipinski definition) is 2. The Labute approximate surface area is 156 Å². The van der Waals surface area contributed by atoms with Gasteiger partial charge in [-0.25, -0.2) is 4.79 Å². The van der Waals surface area contributed by atoms with Crippen molar-refractivity contribution in [3.05, 3.63) is 64.1 Å². The van der Waals surface area contributed by atoms with Crippen molar-refractivity contribution in [1.82, 2.24) is 10.2 Å². The van der Waals surface area contributed by atoms with Gasteiger partial charge in [0.05, 0.1) is 11.3 Å². The van der Waals surface area contributed by atoms with Gasteiger partial charge in [0, 0.05) is 24.1 Å². The van der Waals surface area contributed by atoms with Crippen LogP contribution in [0, 0.1) is 0 Å². The van der Waals surface area contributed by atoms with Crippen LogP contribution in [0.15, 0.2) is 53.0 Å². The second kappa shape index (κ2) is 8.67. The lowest BCUT2D eigenvalue weighted by Gasteiger charge is -2.20. The summed E-state index contributed by atoms with van der Waals surface area (Å²) < 4.78 is 0.996. The van der Waals surface area contributed by atoms with Gasteiger partial charge in [0.15, 0.2) is 0 Å². The summed E-state index contributed by atoms with van der Waals surface area (Å²) >= 11 is 3.40. The molecule has 0 aliphatic rings. The van der Waals surface area contributed by atoms with Gasteiger partial charge in [-0.2, -0.15) is 0 Å². The Hall–Kier alpha value is -2.34. The zero-order valence-electron chi connectivity index (χ0n) is 14.5. The van der Waals surface area contributed by atoms with Crippen molar-refractivity contribution in [3.63, 3.8) is 0 Å². The maximum atomic E-state index is 12.8. The van der Waals surface area contributed by atoms with E-state index in [9.17, 15) is 9.59 Å². The molecule has 2 aromatic rings. The first-order chi connectivity index (χ1) is 11.9. The van der Waals surface area contributed by atoms with Crippen LogP contribution in [-0.2, 0) is 6.54 Å². The lowest BCUT2D eigenvalue weighted by Crippen LogP contribution is -2.35. The molecule has 0 heterocycles. The Morgan fingerprint density at radius 2 is 1.72 bits per heavy atom. The van der Waals surface area contributed by atoms with E-state index in [-0.39, 0.29) is 18.0 Å². The van der Waals surface area contributed by atoms with Gasteiger partial charge in [-0.3, -0.25) is 4.79 Å². The smallest absolute Gasteiger partial charge is 0.319 e. The van der Waals surface area contributed by atoms with E-state index in [1.165, 1.54) is 0 Å². The molecule has 0 unspecified atom stereocenters. The average molecular weight is 404 g/mol. The third-order valence-corrected chi connectivity index (χ3v) is 4.03. The highest BCUT2D eigenvalue weighted by molar-refractivity contribution is 9.10. The first-order valence-electron chi connectivity index (χ1n) is 8.03. The number of benzene rings is 2. The lowest BCUT2D eigenvalue weighted by atomic mass is 10.1. The summed E-state index contributed by atoms with van der Waals surface area (Å²) in [4.78, 5) is 26.4. The minimum Gasteiger partial charge on any atom is -0.337 e. The molecule has 132 valence electrons. The second-order valence-electron chi connectivity index (χ2n) is 6.09. The fourth-order valence-corrected chi connectivity index (χ4v) is 2.60. The average Bonchev–Trinajstić information content (AvgIpc) is 2.56. The zero-order valence-corrected chi connectivity index (χ0v) is 16.1. The predicted molar refractivity (Wildman–Crippen MR) is 104 cm³/mol. The summed E-state index contributed by atoms with van der Waals surface area (Å²) in [5.41, 5.74) is 1.98. The normalized spacial score (nSPS) is 10.4. The highest BCUT2D eigenvalue weighted by Crippen LogP contribution is 2.18. The maximum absolute atomic E-state index is 12.8. The molecule has 5 nitrogen and oxygen atoms in total. The number of halogens is 1. The standard InChI is InChI=1S/C19H22BrN3O2/c1-13(2)21-19(25)22-17-7-5-4-6-16(17)18(24)23(3)12-14-8-10-15(20)11-9-14/h4-11,13H,12H2,1-3H3,(H2,21,22,25). The predicted octanol–water partition coefficient (Wildman–Crippen LogP) is 4.25. The van der Waals surface area contributed by atoms with Gasteiger partial charge in [0.25, 0.3) is 5.91 Å². The summed E-state index contributed by atoms with van der Waals surface area (Å²) in [7, 11) is 1.75. The quantitative estimate of drug-likeness (QED) is 0.783. The summed E-state index contributed by atoms with van der Waals surface area (Å²) in [6.45, 7) is 4.24. The highest BCUT2D eigenvalue weighted by atomic mass is 79.9. The number of anilines is 1. The van der Waals surface area contributed by atoms with E-state index in [4.69, 9.17) is 0 Å². The van der Waals surface area contributed by atoms with Crippen molar-refractivity contribution in [2.75, 3.05) is 12.4 Å². The Kier molecular flexibility index (Phi) is 6.58. The van der Waals surface area contributed by atoms with Crippen LogP contribution in [0.5, 0.6) is 0 Å². The van der Waals surface area contributed by atoms with E-state index < -0.39 is 0 Å². The maximum Gasteiger partial charge on any atom is 0.319 e. The van der Waals surface area contributed by atoms with Gasteiger partial charge < -0.3 is 15.5 Å². The Morgan fingerprint density at radius 3 is 2.36 bits per heavy atom. The van der Waals surface area contributed by atoms with Crippen molar-refractivity contribution in [1.29, 1.82) is 0 Å². The second-order valence-corrected chi connectivity index (χ2v) is 7.00. The van der Waals surface area contributed by atoms with Crippen LogP contribution in [0.4, 0.5) is 10.5 Å². The van der Waals surface area contributed by atoms with Crippen molar-refractivity contribution in [2.45, 2.75) is 26.4 Å². The molecule has 0 spiro atoms. The molecule has 6 heteroatoms. The van der Waals surface area contributed by atoms with Crippen LogP contribution in [0.3, 0.4) is 0 Å². The van der Waals surface area contributed by atoms with E-state index in [1.54, 1.807) is 36.2 Å². The van der Waals surface area contributed by atoms with Crippen molar-refractivity contribution in [3.8, 4) is 0 Å². The van der Waals surface area contributed by atoms with Gasteiger partial charge in [-0.05, 0) is 43.7 Å². The number of hydrogen-bond acceptors (Lipinski definition) is 2. The molecule has 0 aliphatic heterocycles. The van der Waals surface area contributed by atoms with Crippen molar-refractivity contribution < 1.29 is 9.59 Å². The van der Waals surface area contributed by atoms with Gasteiger partial charge in [-0.15, -0.1) is 0 Å². The molecule has 3 amide bonds. The molecule has 0 aromatic heterocycles. The van der Waals surface area contributed by atoms with Crippen molar-refractivity contribution in [2.24, 2.45) is 0 Å². The SMILES string of the molecule is CC(C)NC(=O)Nc1ccccc1C(=O)N(C)Cc1ccc(Br)cc1. The number of carbonyl (C=O) groups excluding carboxylic acids is 2. The molecule has 25 heavy (non-hydrogen) atoms. The first kappa shape index (κ1) is 19.0. The fraction of sp³-hybridized carbons (Fsp3) is 0.263. The van der Waals surface area contributed by atoms with E-state index in [2.05, 4.69) is 26.6 Å². The summed E-state index contributed by atoms with van der Waals surface area (Å²) in [5, 5.41) is 5.50. The number of urea groups is 1. The molecule has 0 aliphatic carbocycles. The molecule has 0 atom stereocenters. The molecule has 0 saturated heterocycles. The molecule has 2 N–H and O–H groups in total. The van der Waals surface area contributed by atoms with Crippen LogP contribution in [-0.4, -0.2) is 29.9 Å². The number of nitrogens with one attached hydrogen (secondary N) is 2. The molecule has 0 radical (unpaired) electrons. The topological polar surface area (TPSA) is 61.4 Å². The van der Waals surface area contributed by atoms with E-state index >= 15 is 0 Å². The van der Waals surface area contributed by atoms with E-state index in [0.29, 0.717) is 17.8 Å². The number of rotatable bonds is 5. The van der Waals surface area contributed by atoms with Gasteiger partial charge >= 0.3 is 6.03 Å². The Bertz CT molecular complexity index is 745. The van der Waals surface area contributed by atoms with E-state index in [1.807, 2.05) is 38.1 Å². The summed E-state index contributed by atoms with van der Waals surface area (Å²) in [6, 6.07) is 14.5. The molecule has 2 aromatic carbocycles. The van der Waals surface area contributed by atoms with E-state index in [0.717, 1.165) is 10.0 Å². The van der Waals surface area contributed by atoms with Crippen LogP contribution in [0.25, 0.3) is 0 Å². The first-order valence-corrected chi connectivity index (χ1v) is 8.82. The van der Waals surface area contributed by atoms with Crippen LogP contribution < -0.4 is 10.6 Å². The third-order valence-electron chi connectivity index (χ3n) is 3.51. The number of nitrogens with zero attached hydrogens (tertiary/aromatic N) is 1. The summed E-state index contributed by atoms with van der Waals surface area (Å²) in [6.07, 6.45) is 0. The van der Waals surface area contributed by atoms with Gasteiger partial charge in [-0.1, -0.05) is 40.2 Å². The number of amides is 3. The van der Waals surface area contributed by atoms with Crippen LogP contribution in [0.2, 0.25) is 0 Å². The molecular weight excluding hydrogens is 382 g/mol. The summed E-state index contributed by atoms with van der Waals surface area (Å²) in [5.74, 6) is -0.150. The largest absolute Gasteiger partial charge is 0.337 e. The van der Waals surface area contributed by atoms with Gasteiger partial charge in [0.2, 0.25) is 0 Å². The van der Waals surface area contributed by atoms with Crippen LogP contribution >= 0.6 is 15.9 Å². The minimum absolute atomic E-state index is 0.0166. The van der Waals surface area contributed by atoms with Gasteiger partial charge in [0.1, 0.15) is 0 Å². The Morgan fingerprint density at radius 1 is 1.08 bits per heavy atom. The van der Waals surface area contributed by atoms with Crippen LogP contribution in [0.1, 0.15) is 29.8 Å². The molecular formula is C19H22BrN3O2. The monoisotopic (exact) mass is 403 g/mol. The minimum atomic E-state index is -0.328.